The van der Waals surface area contributed by atoms with Crippen LogP contribution in [0.4, 0.5) is 8.78 Å². The Morgan fingerprint density at radius 1 is 1.19 bits per heavy atom. The molecule has 0 radical (unpaired) electrons. The maximum Gasteiger partial charge on any atom is 0.253 e. The molecule has 3 aromatic rings. The molecule has 7 heteroatoms. The van der Waals surface area contributed by atoms with E-state index >= 15 is 8.78 Å². The molecule has 4 rings (SSSR count). The molecule has 164 valence electrons. The number of hydrogen-bond donors (Lipinski definition) is 2. The van der Waals surface area contributed by atoms with Gasteiger partial charge in [-0.05, 0) is 30.7 Å². The molecular formula is C24H28F2N4O. The van der Waals surface area contributed by atoms with Crippen molar-refractivity contribution < 1.29 is 13.6 Å². The van der Waals surface area contributed by atoms with Gasteiger partial charge in [0, 0.05) is 31.3 Å². The summed E-state index contributed by atoms with van der Waals surface area (Å²) in [5.41, 5.74) is 6.94. The van der Waals surface area contributed by atoms with Gasteiger partial charge in [-0.25, -0.2) is 13.8 Å². The van der Waals surface area contributed by atoms with Crippen molar-refractivity contribution in [3.63, 3.8) is 0 Å². The largest absolute Gasteiger partial charge is 0.345 e. The van der Waals surface area contributed by atoms with Gasteiger partial charge in [-0.15, -0.1) is 0 Å². The fraction of sp³-hybridized carbons (Fsp3) is 0.417. The smallest absolute Gasteiger partial charge is 0.253 e. The molecule has 0 bridgehead atoms. The Labute approximate surface area is 180 Å². The van der Waals surface area contributed by atoms with Crippen molar-refractivity contribution in [2.45, 2.75) is 38.6 Å². The average molecular weight is 427 g/mol. The number of fused-ring (bicyclic) bond motifs is 1. The van der Waals surface area contributed by atoms with E-state index < -0.39 is 11.6 Å². The summed E-state index contributed by atoms with van der Waals surface area (Å²) in [6, 6.07) is 7.32. The van der Waals surface area contributed by atoms with E-state index in [1.165, 1.54) is 11.0 Å². The number of carbonyl (C=O) groups is 1. The highest BCUT2D eigenvalue weighted by Crippen LogP contribution is 2.37. The summed E-state index contributed by atoms with van der Waals surface area (Å²) in [4.78, 5) is 21.4. The predicted molar refractivity (Wildman–Crippen MR) is 118 cm³/mol. The first kappa shape index (κ1) is 21.4. The Hall–Kier alpha value is -2.80. The molecule has 1 unspecified atom stereocenters. The van der Waals surface area contributed by atoms with Crippen LogP contribution in [0.15, 0.2) is 30.3 Å². The number of aromatic amines is 1. The zero-order chi connectivity index (χ0) is 22.3. The van der Waals surface area contributed by atoms with Crippen molar-refractivity contribution in [3.8, 4) is 11.1 Å². The molecule has 1 aliphatic rings. The van der Waals surface area contributed by atoms with Gasteiger partial charge in [0.15, 0.2) is 5.82 Å². The second kappa shape index (κ2) is 8.38. The summed E-state index contributed by atoms with van der Waals surface area (Å²) < 4.78 is 30.6. The normalized spacial score (nSPS) is 20.1. The molecule has 1 atom stereocenters. The van der Waals surface area contributed by atoms with Crippen LogP contribution in [0.1, 0.15) is 54.8 Å². The number of nitrogens with two attached hydrogens (primary N) is 1. The van der Waals surface area contributed by atoms with Crippen LogP contribution in [-0.4, -0.2) is 34.9 Å². The summed E-state index contributed by atoms with van der Waals surface area (Å²) >= 11 is 0. The molecule has 0 spiro atoms. The molecule has 1 saturated carbocycles. The Morgan fingerprint density at radius 3 is 2.55 bits per heavy atom. The Morgan fingerprint density at radius 2 is 1.87 bits per heavy atom. The van der Waals surface area contributed by atoms with Crippen molar-refractivity contribution in [1.29, 1.82) is 0 Å². The van der Waals surface area contributed by atoms with E-state index in [0.29, 0.717) is 11.7 Å². The van der Waals surface area contributed by atoms with Gasteiger partial charge in [-0.3, -0.25) is 4.79 Å². The number of hydrogen-bond acceptors (Lipinski definition) is 3. The molecule has 1 aliphatic carbocycles. The van der Waals surface area contributed by atoms with Crippen LogP contribution in [0.3, 0.4) is 0 Å². The number of carbonyl (C=O) groups excluding carboxylic acids is 1. The van der Waals surface area contributed by atoms with Gasteiger partial charge in [0.25, 0.3) is 5.91 Å². The van der Waals surface area contributed by atoms with E-state index in [2.05, 4.69) is 16.9 Å². The van der Waals surface area contributed by atoms with Gasteiger partial charge in [-0.1, -0.05) is 38.0 Å². The lowest BCUT2D eigenvalue weighted by Crippen LogP contribution is -2.26. The monoisotopic (exact) mass is 426 g/mol. The van der Waals surface area contributed by atoms with Crippen molar-refractivity contribution in [2.75, 3.05) is 14.1 Å². The van der Waals surface area contributed by atoms with E-state index in [9.17, 15) is 4.79 Å². The van der Waals surface area contributed by atoms with Crippen molar-refractivity contribution in [2.24, 2.45) is 17.6 Å². The molecular weight excluding hydrogens is 398 g/mol. The molecule has 5 nitrogen and oxygen atoms in total. The van der Waals surface area contributed by atoms with Crippen molar-refractivity contribution >= 4 is 16.9 Å². The zero-order valence-electron chi connectivity index (χ0n) is 18.1. The van der Waals surface area contributed by atoms with Crippen LogP contribution in [0.25, 0.3) is 22.2 Å². The van der Waals surface area contributed by atoms with Crippen LogP contribution in [0.5, 0.6) is 0 Å². The first-order valence-corrected chi connectivity index (χ1v) is 10.7. The number of aromatic nitrogens is 2. The molecule has 1 amide bonds. The molecule has 0 aliphatic heterocycles. The Kier molecular flexibility index (Phi) is 5.79. The molecule has 0 saturated heterocycles. The Bertz CT molecular complexity index is 1120. The van der Waals surface area contributed by atoms with Gasteiger partial charge < -0.3 is 15.6 Å². The van der Waals surface area contributed by atoms with E-state index in [-0.39, 0.29) is 45.6 Å². The van der Waals surface area contributed by atoms with Crippen LogP contribution in [-0.2, 0) is 0 Å². The summed E-state index contributed by atoms with van der Waals surface area (Å²) in [6.07, 6.45) is 4.23. The topological polar surface area (TPSA) is 75.0 Å². The standard InChI is InChI=1S/C24H28F2N4O/c1-13-8-10-14(11-9-13)21(27)23-28-18-12-17(25)19(20(26)22(18)29-23)15-6-4-5-7-16(15)24(31)30(2)3/h4-7,12-14,21H,8-11,27H2,1-3H3,(H,28,29). The van der Waals surface area contributed by atoms with Crippen LogP contribution in [0, 0.1) is 23.5 Å². The molecule has 1 aromatic heterocycles. The van der Waals surface area contributed by atoms with E-state index in [0.717, 1.165) is 25.7 Å². The average Bonchev–Trinajstić information content (AvgIpc) is 3.18. The van der Waals surface area contributed by atoms with E-state index in [1.54, 1.807) is 38.4 Å². The third-order valence-corrected chi connectivity index (χ3v) is 6.40. The van der Waals surface area contributed by atoms with Gasteiger partial charge in [0.05, 0.1) is 17.1 Å². The molecule has 31 heavy (non-hydrogen) atoms. The maximum atomic E-state index is 15.5. The second-order valence-electron chi connectivity index (χ2n) is 8.86. The SMILES string of the molecule is CC1CCC(C(N)c2nc3c(F)c(-c4ccccc4C(=O)N(C)C)c(F)cc3[nH]2)CC1. The lowest BCUT2D eigenvalue weighted by atomic mass is 9.79. The number of H-pyrrole nitrogens is 1. The predicted octanol–water partition coefficient (Wildman–Crippen LogP) is 5.04. The van der Waals surface area contributed by atoms with Gasteiger partial charge >= 0.3 is 0 Å². The fourth-order valence-corrected chi connectivity index (χ4v) is 4.50. The summed E-state index contributed by atoms with van der Waals surface area (Å²) in [7, 11) is 3.20. The number of benzene rings is 2. The summed E-state index contributed by atoms with van der Waals surface area (Å²) in [6.45, 7) is 2.24. The molecule has 1 heterocycles. The number of imidazole rings is 1. The minimum atomic E-state index is -0.791. The summed E-state index contributed by atoms with van der Waals surface area (Å²) in [5.74, 6) is -0.436. The maximum absolute atomic E-state index is 15.5. The number of nitrogens with zero attached hydrogens (tertiary/aromatic N) is 2. The quantitative estimate of drug-likeness (QED) is 0.614. The van der Waals surface area contributed by atoms with Gasteiger partial charge in [0.2, 0.25) is 0 Å². The van der Waals surface area contributed by atoms with Crippen molar-refractivity contribution in [3.05, 3.63) is 53.4 Å². The number of halogens is 2. The van der Waals surface area contributed by atoms with E-state index in [1.807, 2.05) is 0 Å². The summed E-state index contributed by atoms with van der Waals surface area (Å²) in [5, 5.41) is 0. The molecule has 3 N–H and O–H groups in total. The van der Waals surface area contributed by atoms with Crippen LogP contribution in [0.2, 0.25) is 0 Å². The highest BCUT2D eigenvalue weighted by atomic mass is 19.1. The fourth-order valence-electron chi connectivity index (χ4n) is 4.50. The third-order valence-electron chi connectivity index (χ3n) is 6.40. The van der Waals surface area contributed by atoms with Gasteiger partial charge in [-0.2, -0.15) is 0 Å². The third kappa shape index (κ3) is 3.94. The zero-order valence-corrected chi connectivity index (χ0v) is 18.1. The molecule has 1 fully saturated rings. The highest BCUT2D eigenvalue weighted by Gasteiger charge is 2.28. The van der Waals surface area contributed by atoms with E-state index in [4.69, 9.17) is 5.73 Å². The number of nitrogens with one attached hydrogen (secondary N) is 1. The lowest BCUT2D eigenvalue weighted by molar-refractivity contribution is 0.0828. The minimum Gasteiger partial charge on any atom is -0.345 e. The number of rotatable bonds is 4. The first-order chi connectivity index (χ1) is 14.8. The first-order valence-electron chi connectivity index (χ1n) is 10.7. The lowest BCUT2D eigenvalue weighted by Gasteiger charge is -2.29. The van der Waals surface area contributed by atoms with Crippen LogP contribution < -0.4 is 5.73 Å². The minimum absolute atomic E-state index is 0.0399. The Balaban J connectivity index is 1.77. The number of amides is 1. The van der Waals surface area contributed by atoms with Crippen molar-refractivity contribution in [1.82, 2.24) is 14.9 Å². The van der Waals surface area contributed by atoms with Gasteiger partial charge in [0.1, 0.15) is 17.2 Å². The second-order valence-corrected chi connectivity index (χ2v) is 8.86. The molecule has 2 aromatic carbocycles. The highest BCUT2D eigenvalue weighted by molar-refractivity contribution is 6.01. The van der Waals surface area contributed by atoms with Crippen LogP contribution >= 0.6 is 0 Å².